The molecule has 1 aromatic carbocycles. The molecule has 2 rings (SSSR count). The number of benzene rings is 1. The molecule has 1 heterocycles. The average Bonchev–Trinajstić information content (AvgIpc) is 2.69. The first kappa shape index (κ1) is 11.1. The summed E-state index contributed by atoms with van der Waals surface area (Å²) >= 11 is 0. The number of nitrogens with zero attached hydrogens (tertiary/aromatic N) is 1. The van der Waals surface area contributed by atoms with Crippen molar-refractivity contribution in [2.75, 3.05) is 6.61 Å². The number of aliphatic hydroxyl groups is 1. The maximum absolute atomic E-state index is 9.18. The van der Waals surface area contributed by atoms with Crippen LogP contribution in [-0.4, -0.2) is 21.7 Å². The predicted octanol–water partition coefficient (Wildman–Crippen LogP) is 2.51. The number of fused-ring (bicyclic) bond motifs is 1. The van der Waals surface area contributed by atoms with E-state index in [-0.39, 0.29) is 12.0 Å². The third-order valence-electron chi connectivity index (χ3n) is 2.91. The molecule has 0 unspecified atom stereocenters. The van der Waals surface area contributed by atoms with Crippen LogP contribution in [0, 0.1) is 5.41 Å². The van der Waals surface area contributed by atoms with Crippen LogP contribution < -0.4 is 0 Å². The number of hydrogen-bond donors (Lipinski definition) is 2. The lowest BCUT2D eigenvalue weighted by Gasteiger charge is -2.20. The predicted molar refractivity (Wildman–Crippen MR) is 65.3 cm³/mol. The van der Waals surface area contributed by atoms with Gasteiger partial charge in [-0.1, -0.05) is 26.0 Å². The lowest BCUT2D eigenvalue weighted by molar-refractivity contribution is 0.150. The Labute approximate surface area is 95.5 Å². The van der Waals surface area contributed by atoms with Gasteiger partial charge in [0.15, 0.2) is 0 Å². The Bertz CT molecular complexity index is 440. The Balaban J connectivity index is 2.10. The van der Waals surface area contributed by atoms with Crippen molar-refractivity contribution >= 4 is 11.0 Å². The maximum atomic E-state index is 9.18. The van der Waals surface area contributed by atoms with E-state index >= 15 is 0 Å². The van der Waals surface area contributed by atoms with Crippen LogP contribution in [0.2, 0.25) is 0 Å². The van der Waals surface area contributed by atoms with Crippen LogP contribution in [-0.2, 0) is 6.42 Å². The number of aromatic amines is 1. The van der Waals surface area contributed by atoms with Crippen LogP contribution in [0.15, 0.2) is 24.3 Å². The Morgan fingerprint density at radius 3 is 2.75 bits per heavy atom. The van der Waals surface area contributed by atoms with Gasteiger partial charge >= 0.3 is 0 Å². The van der Waals surface area contributed by atoms with Gasteiger partial charge < -0.3 is 10.1 Å². The minimum absolute atomic E-state index is 0.0288. The van der Waals surface area contributed by atoms with E-state index in [1.807, 2.05) is 24.3 Å². The highest BCUT2D eigenvalue weighted by atomic mass is 16.3. The summed E-state index contributed by atoms with van der Waals surface area (Å²) in [6.07, 6.45) is 1.81. The summed E-state index contributed by atoms with van der Waals surface area (Å²) in [6.45, 7) is 4.35. The highest BCUT2D eigenvalue weighted by Gasteiger charge is 2.16. The molecule has 0 aliphatic rings. The third kappa shape index (κ3) is 2.42. The Morgan fingerprint density at radius 2 is 2.06 bits per heavy atom. The minimum atomic E-state index is -0.0288. The van der Waals surface area contributed by atoms with Crippen LogP contribution >= 0.6 is 0 Å². The number of hydrogen-bond acceptors (Lipinski definition) is 2. The Hall–Kier alpha value is -1.35. The number of H-pyrrole nitrogens is 1. The second-order valence-corrected chi connectivity index (χ2v) is 5.02. The summed E-state index contributed by atoms with van der Waals surface area (Å²) in [6, 6.07) is 8.03. The minimum Gasteiger partial charge on any atom is -0.396 e. The molecule has 0 aliphatic carbocycles. The molecule has 0 bridgehead atoms. The molecule has 3 nitrogen and oxygen atoms in total. The summed E-state index contributed by atoms with van der Waals surface area (Å²) < 4.78 is 0. The standard InChI is InChI=1S/C13H18N2O/c1-13(2,9-16)8-7-12-14-10-5-3-4-6-11(10)15-12/h3-6,16H,7-9H2,1-2H3,(H,14,15). The number of nitrogens with one attached hydrogen (secondary N) is 1. The fourth-order valence-electron chi connectivity index (χ4n) is 1.66. The van der Waals surface area contributed by atoms with Crippen LogP contribution in [0.1, 0.15) is 26.1 Å². The van der Waals surface area contributed by atoms with Gasteiger partial charge in [-0.25, -0.2) is 4.98 Å². The quantitative estimate of drug-likeness (QED) is 0.828. The van der Waals surface area contributed by atoms with Crippen LogP contribution in [0.5, 0.6) is 0 Å². The summed E-state index contributed by atoms with van der Waals surface area (Å²) in [5.74, 6) is 1.00. The molecule has 1 aromatic heterocycles. The SMILES string of the molecule is CC(C)(CO)CCc1nc2ccccc2[nH]1. The van der Waals surface area contributed by atoms with Gasteiger partial charge in [0.05, 0.1) is 11.0 Å². The van der Waals surface area contributed by atoms with Gasteiger partial charge in [0, 0.05) is 13.0 Å². The van der Waals surface area contributed by atoms with Crippen molar-refractivity contribution in [1.82, 2.24) is 9.97 Å². The molecule has 3 heteroatoms. The van der Waals surface area contributed by atoms with Gasteiger partial charge in [-0.2, -0.15) is 0 Å². The molecule has 0 fully saturated rings. The van der Waals surface area contributed by atoms with E-state index in [0.717, 1.165) is 29.7 Å². The second kappa shape index (κ2) is 4.26. The van der Waals surface area contributed by atoms with Crippen molar-refractivity contribution in [2.45, 2.75) is 26.7 Å². The highest BCUT2D eigenvalue weighted by molar-refractivity contribution is 5.74. The van der Waals surface area contributed by atoms with Crippen LogP contribution in [0.25, 0.3) is 11.0 Å². The van der Waals surface area contributed by atoms with Crippen molar-refractivity contribution in [3.63, 3.8) is 0 Å². The lowest BCUT2D eigenvalue weighted by atomic mass is 9.89. The summed E-state index contributed by atoms with van der Waals surface area (Å²) in [5.41, 5.74) is 2.07. The molecule has 2 aromatic rings. The number of para-hydroxylation sites is 2. The average molecular weight is 218 g/mol. The monoisotopic (exact) mass is 218 g/mol. The maximum Gasteiger partial charge on any atom is 0.107 e. The molecule has 0 radical (unpaired) electrons. The van der Waals surface area contributed by atoms with Gasteiger partial charge in [0.2, 0.25) is 0 Å². The molecule has 0 saturated heterocycles. The van der Waals surface area contributed by atoms with E-state index in [0.29, 0.717) is 0 Å². The highest BCUT2D eigenvalue weighted by Crippen LogP contribution is 2.21. The zero-order chi connectivity index (χ0) is 11.6. The van der Waals surface area contributed by atoms with E-state index in [9.17, 15) is 5.11 Å². The van der Waals surface area contributed by atoms with Gasteiger partial charge in [-0.05, 0) is 24.0 Å². The van der Waals surface area contributed by atoms with E-state index in [1.165, 1.54) is 0 Å². The molecule has 0 aliphatic heterocycles. The molecule has 0 amide bonds. The first-order valence-corrected chi connectivity index (χ1v) is 5.65. The fraction of sp³-hybridized carbons (Fsp3) is 0.462. The van der Waals surface area contributed by atoms with Crippen molar-refractivity contribution in [1.29, 1.82) is 0 Å². The van der Waals surface area contributed by atoms with Crippen molar-refractivity contribution in [2.24, 2.45) is 5.41 Å². The number of rotatable bonds is 4. The Kier molecular flexibility index (Phi) is 2.97. The van der Waals surface area contributed by atoms with E-state index in [4.69, 9.17) is 0 Å². The molecule has 0 atom stereocenters. The zero-order valence-corrected chi connectivity index (χ0v) is 9.83. The molecule has 86 valence electrons. The summed E-state index contributed by atoms with van der Waals surface area (Å²) in [5, 5.41) is 9.18. The zero-order valence-electron chi connectivity index (χ0n) is 9.83. The first-order chi connectivity index (χ1) is 7.61. The van der Waals surface area contributed by atoms with Gasteiger partial charge in [-0.3, -0.25) is 0 Å². The van der Waals surface area contributed by atoms with E-state index < -0.39 is 0 Å². The molecule has 0 saturated carbocycles. The van der Waals surface area contributed by atoms with Crippen LogP contribution in [0.3, 0.4) is 0 Å². The summed E-state index contributed by atoms with van der Waals surface area (Å²) in [7, 11) is 0. The largest absolute Gasteiger partial charge is 0.396 e. The van der Waals surface area contributed by atoms with Crippen molar-refractivity contribution in [3.05, 3.63) is 30.1 Å². The number of aromatic nitrogens is 2. The van der Waals surface area contributed by atoms with Crippen molar-refractivity contribution in [3.8, 4) is 0 Å². The van der Waals surface area contributed by atoms with Gasteiger partial charge in [0.1, 0.15) is 5.82 Å². The third-order valence-corrected chi connectivity index (χ3v) is 2.91. The molecular weight excluding hydrogens is 200 g/mol. The van der Waals surface area contributed by atoms with Crippen LogP contribution in [0.4, 0.5) is 0 Å². The number of aryl methyl sites for hydroxylation is 1. The first-order valence-electron chi connectivity index (χ1n) is 5.65. The van der Waals surface area contributed by atoms with Gasteiger partial charge in [0.25, 0.3) is 0 Å². The lowest BCUT2D eigenvalue weighted by Crippen LogP contribution is -2.17. The van der Waals surface area contributed by atoms with E-state index in [2.05, 4.69) is 23.8 Å². The molecule has 0 spiro atoms. The molecule has 16 heavy (non-hydrogen) atoms. The molecular formula is C13H18N2O. The normalized spacial score (nSPS) is 12.2. The van der Waals surface area contributed by atoms with Crippen molar-refractivity contribution < 1.29 is 5.11 Å². The topological polar surface area (TPSA) is 48.9 Å². The second-order valence-electron chi connectivity index (χ2n) is 5.02. The van der Waals surface area contributed by atoms with E-state index in [1.54, 1.807) is 0 Å². The fourth-order valence-corrected chi connectivity index (χ4v) is 1.66. The smallest absolute Gasteiger partial charge is 0.107 e. The summed E-state index contributed by atoms with van der Waals surface area (Å²) in [4.78, 5) is 7.81. The number of imidazole rings is 1. The number of aliphatic hydroxyl groups excluding tert-OH is 1. The van der Waals surface area contributed by atoms with Gasteiger partial charge in [-0.15, -0.1) is 0 Å². The Morgan fingerprint density at radius 1 is 1.31 bits per heavy atom. The molecule has 2 N–H and O–H groups in total.